The molecule has 1 fully saturated rings. The van der Waals surface area contributed by atoms with Crippen molar-refractivity contribution in [3.8, 4) is 0 Å². The lowest BCUT2D eigenvalue weighted by Crippen LogP contribution is -2.47. The summed E-state index contributed by atoms with van der Waals surface area (Å²) in [6.07, 6.45) is 2.95. The SMILES string of the molecule is O=C1CN(c2ccnc(C(=O)NCC3(O)CCc4ccccc43)c2)CCN1. The Bertz CT molecular complexity index is 885. The third-order valence-electron chi connectivity index (χ3n) is 5.25. The number of benzene rings is 1. The average Bonchev–Trinajstić information content (AvgIpc) is 3.04. The number of nitrogens with zero attached hydrogens (tertiary/aromatic N) is 2. The lowest BCUT2D eigenvalue weighted by Gasteiger charge is -2.28. The summed E-state index contributed by atoms with van der Waals surface area (Å²) in [5.74, 6) is -0.373. The lowest BCUT2D eigenvalue weighted by atomic mass is 9.96. The molecule has 2 heterocycles. The Morgan fingerprint density at radius 3 is 3.04 bits per heavy atom. The summed E-state index contributed by atoms with van der Waals surface area (Å²) in [6.45, 7) is 1.67. The molecule has 2 amide bonds. The number of aromatic nitrogens is 1. The van der Waals surface area contributed by atoms with E-state index in [1.165, 1.54) is 0 Å². The molecule has 4 rings (SSSR count). The van der Waals surface area contributed by atoms with Gasteiger partial charge in [0.05, 0.1) is 13.1 Å². The molecule has 0 bridgehead atoms. The van der Waals surface area contributed by atoms with E-state index in [0.717, 1.165) is 23.2 Å². The van der Waals surface area contributed by atoms with Crippen molar-refractivity contribution in [3.05, 3.63) is 59.4 Å². The minimum atomic E-state index is -1.05. The largest absolute Gasteiger partial charge is 0.383 e. The molecular formula is C20H22N4O3. The van der Waals surface area contributed by atoms with E-state index in [0.29, 0.717) is 19.5 Å². The van der Waals surface area contributed by atoms with Crippen molar-refractivity contribution >= 4 is 17.5 Å². The number of carbonyl (C=O) groups is 2. The Morgan fingerprint density at radius 2 is 2.19 bits per heavy atom. The highest BCUT2D eigenvalue weighted by molar-refractivity contribution is 5.93. The molecule has 1 aliphatic heterocycles. The fourth-order valence-electron chi connectivity index (χ4n) is 3.77. The number of amides is 2. The first kappa shape index (κ1) is 17.5. The van der Waals surface area contributed by atoms with Gasteiger partial charge in [0.25, 0.3) is 5.91 Å². The predicted molar refractivity (Wildman–Crippen MR) is 100 cm³/mol. The number of hydrogen-bond donors (Lipinski definition) is 3. The van der Waals surface area contributed by atoms with Gasteiger partial charge in [0.1, 0.15) is 11.3 Å². The minimum absolute atomic E-state index is 0.0359. The molecule has 27 heavy (non-hydrogen) atoms. The molecule has 7 heteroatoms. The molecule has 0 saturated carbocycles. The van der Waals surface area contributed by atoms with Crippen molar-refractivity contribution in [1.29, 1.82) is 0 Å². The summed E-state index contributed by atoms with van der Waals surface area (Å²) in [7, 11) is 0. The van der Waals surface area contributed by atoms with Crippen LogP contribution >= 0.6 is 0 Å². The second-order valence-corrected chi connectivity index (χ2v) is 7.04. The summed E-state index contributed by atoms with van der Waals surface area (Å²) >= 11 is 0. The summed E-state index contributed by atoms with van der Waals surface area (Å²) in [5.41, 5.74) is 2.02. The Kier molecular flexibility index (Phi) is 4.53. The molecule has 1 unspecified atom stereocenters. The van der Waals surface area contributed by atoms with Gasteiger partial charge < -0.3 is 20.6 Å². The van der Waals surface area contributed by atoms with Gasteiger partial charge in [-0.25, -0.2) is 0 Å². The zero-order valence-electron chi connectivity index (χ0n) is 14.9. The van der Waals surface area contributed by atoms with Crippen LogP contribution in [0.1, 0.15) is 28.0 Å². The zero-order valence-corrected chi connectivity index (χ0v) is 14.9. The normalized spacial score (nSPS) is 21.5. The number of aliphatic hydroxyl groups is 1. The van der Waals surface area contributed by atoms with Crippen LogP contribution in [0.4, 0.5) is 5.69 Å². The number of rotatable bonds is 4. The highest BCUT2D eigenvalue weighted by atomic mass is 16.3. The molecule has 7 nitrogen and oxygen atoms in total. The van der Waals surface area contributed by atoms with Gasteiger partial charge >= 0.3 is 0 Å². The van der Waals surface area contributed by atoms with E-state index in [4.69, 9.17) is 0 Å². The summed E-state index contributed by atoms with van der Waals surface area (Å²) in [6, 6.07) is 11.2. The van der Waals surface area contributed by atoms with E-state index >= 15 is 0 Å². The second-order valence-electron chi connectivity index (χ2n) is 7.04. The molecule has 1 atom stereocenters. The number of carbonyl (C=O) groups excluding carboxylic acids is 2. The van der Waals surface area contributed by atoms with Crippen LogP contribution < -0.4 is 15.5 Å². The third-order valence-corrected chi connectivity index (χ3v) is 5.25. The van der Waals surface area contributed by atoms with Crippen molar-refractivity contribution in [3.63, 3.8) is 0 Å². The molecule has 1 aromatic carbocycles. The van der Waals surface area contributed by atoms with Gasteiger partial charge in [-0.05, 0) is 36.1 Å². The van der Waals surface area contributed by atoms with Gasteiger partial charge in [-0.1, -0.05) is 24.3 Å². The highest BCUT2D eigenvalue weighted by Gasteiger charge is 2.36. The molecule has 2 aliphatic rings. The Labute approximate surface area is 157 Å². The molecular weight excluding hydrogens is 344 g/mol. The maximum atomic E-state index is 12.6. The van der Waals surface area contributed by atoms with Crippen LogP contribution in [0.15, 0.2) is 42.6 Å². The zero-order chi connectivity index (χ0) is 18.9. The van der Waals surface area contributed by atoms with Gasteiger partial charge in [0, 0.05) is 25.0 Å². The van der Waals surface area contributed by atoms with Gasteiger partial charge in [0.15, 0.2) is 0 Å². The molecule has 1 aromatic heterocycles. The Hall–Kier alpha value is -2.93. The molecule has 1 saturated heterocycles. The Morgan fingerprint density at radius 1 is 1.33 bits per heavy atom. The summed E-state index contributed by atoms with van der Waals surface area (Å²) in [5, 5.41) is 16.5. The van der Waals surface area contributed by atoms with Crippen LogP contribution in [-0.2, 0) is 16.8 Å². The van der Waals surface area contributed by atoms with Crippen LogP contribution in [0.2, 0.25) is 0 Å². The Balaban J connectivity index is 1.45. The number of aryl methyl sites for hydroxylation is 1. The number of nitrogens with one attached hydrogen (secondary N) is 2. The highest BCUT2D eigenvalue weighted by Crippen LogP contribution is 2.36. The molecule has 0 radical (unpaired) electrons. The maximum Gasteiger partial charge on any atom is 0.270 e. The van der Waals surface area contributed by atoms with Gasteiger partial charge in [-0.2, -0.15) is 0 Å². The molecule has 3 N–H and O–H groups in total. The topological polar surface area (TPSA) is 94.6 Å². The monoisotopic (exact) mass is 366 g/mol. The quantitative estimate of drug-likeness (QED) is 0.736. The van der Waals surface area contributed by atoms with E-state index in [1.807, 2.05) is 29.2 Å². The van der Waals surface area contributed by atoms with E-state index in [1.54, 1.807) is 18.3 Å². The van der Waals surface area contributed by atoms with E-state index in [2.05, 4.69) is 15.6 Å². The first-order valence-electron chi connectivity index (χ1n) is 9.12. The first-order valence-corrected chi connectivity index (χ1v) is 9.12. The number of hydrogen-bond acceptors (Lipinski definition) is 5. The number of anilines is 1. The number of fused-ring (bicyclic) bond motifs is 1. The van der Waals surface area contributed by atoms with E-state index < -0.39 is 5.60 Å². The summed E-state index contributed by atoms with van der Waals surface area (Å²) < 4.78 is 0. The molecule has 0 spiro atoms. The lowest BCUT2D eigenvalue weighted by molar-refractivity contribution is -0.120. The first-order chi connectivity index (χ1) is 13.0. The standard InChI is InChI=1S/C20H22N4O3/c25-18-12-24(10-9-22-18)15-6-8-21-17(11-15)19(26)23-13-20(27)7-5-14-3-1-2-4-16(14)20/h1-4,6,8,11,27H,5,7,9-10,12-13H2,(H,22,25)(H,23,26). The van der Waals surface area contributed by atoms with E-state index in [9.17, 15) is 14.7 Å². The predicted octanol–water partition coefficient (Wildman–Crippen LogP) is 0.582. The molecule has 1 aliphatic carbocycles. The minimum Gasteiger partial charge on any atom is -0.383 e. The van der Waals surface area contributed by atoms with Crippen molar-refractivity contribution < 1.29 is 14.7 Å². The van der Waals surface area contributed by atoms with Gasteiger partial charge in [0.2, 0.25) is 5.91 Å². The van der Waals surface area contributed by atoms with Crippen LogP contribution in [0.5, 0.6) is 0 Å². The van der Waals surface area contributed by atoms with Crippen LogP contribution in [0, 0.1) is 0 Å². The van der Waals surface area contributed by atoms with Gasteiger partial charge in [-0.15, -0.1) is 0 Å². The third kappa shape index (κ3) is 3.50. The van der Waals surface area contributed by atoms with E-state index in [-0.39, 0.29) is 30.6 Å². The van der Waals surface area contributed by atoms with Crippen molar-refractivity contribution in [2.45, 2.75) is 18.4 Å². The number of pyridine rings is 1. The second kappa shape index (κ2) is 7.00. The van der Waals surface area contributed by atoms with Crippen molar-refractivity contribution in [2.75, 3.05) is 31.1 Å². The van der Waals surface area contributed by atoms with Crippen LogP contribution in [0.3, 0.4) is 0 Å². The van der Waals surface area contributed by atoms with Crippen molar-refractivity contribution in [1.82, 2.24) is 15.6 Å². The molecule has 140 valence electrons. The smallest absolute Gasteiger partial charge is 0.270 e. The fourth-order valence-corrected chi connectivity index (χ4v) is 3.77. The van der Waals surface area contributed by atoms with Gasteiger partial charge in [-0.3, -0.25) is 14.6 Å². The van der Waals surface area contributed by atoms with Crippen LogP contribution in [0.25, 0.3) is 0 Å². The average molecular weight is 366 g/mol. The maximum absolute atomic E-state index is 12.6. The summed E-state index contributed by atoms with van der Waals surface area (Å²) in [4.78, 5) is 30.2. The van der Waals surface area contributed by atoms with Crippen molar-refractivity contribution in [2.24, 2.45) is 0 Å². The molecule has 2 aromatic rings. The van der Waals surface area contributed by atoms with Crippen LogP contribution in [-0.4, -0.2) is 48.1 Å². The fraction of sp³-hybridized carbons (Fsp3) is 0.350. The number of piperazine rings is 1.